The number of hydrogen-bond donors (Lipinski definition) is 1. The summed E-state index contributed by atoms with van der Waals surface area (Å²) < 4.78 is 39.3. The van der Waals surface area contributed by atoms with Gasteiger partial charge in [-0.1, -0.05) is 11.6 Å². The molecule has 1 aliphatic rings. The Hall–Kier alpha value is -0.740. The normalized spacial score (nSPS) is 20.9. The Morgan fingerprint density at radius 2 is 1.93 bits per heavy atom. The van der Waals surface area contributed by atoms with E-state index in [0.29, 0.717) is 6.42 Å². The summed E-state index contributed by atoms with van der Waals surface area (Å²) in [6.07, 6.45) is 1.60. The van der Waals surface area contributed by atoms with Crippen molar-refractivity contribution in [1.29, 1.82) is 0 Å². The van der Waals surface area contributed by atoms with Crippen LogP contribution in [0.15, 0.2) is 6.07 Å². The van der Waals surface area contributed by atoms with E-state index in [1.54, 1.807) is 0 Å². The fourth-order valence-corrected chi connectivity index (χ4v) is 2.00. The highest BCUT2D eigenvalue weighted by molar-refractivity contribution is 6.30. The van der Waals surface area contributed by atoms with Gasteiger partial charge >= 0.3 is 0 Å². The maximum absolute atomic E-state index is 13.4. The molecule has 1 aliphatic heterocycles. The molecule has 1 heterocycles. The molecule has 0 bridgehead atoms. The highest BCUT2D eigenvalue weighted by Crippen LogP contribution is 2.31. The van der Waals surface area contributed by atoms with Crippen molar-refractivity contribution in [3.05, 3.63) is 34.1 Å². The highest BCUT2D eigenvalue weighted by atomic mass is 35.5. The maximum atomic E-state index is 13.4. The van der Waals surface area contributed by atoms with Gasteiger partial charge in [0.2, 0.25) is 0 Å². The van der Waals surface area contributed by atoms with E-state index < -0.39 is 17.5 Å². The second-order valence-electron chi connectivity index (χ2n) is 3.54. The summed E-state index contributed by atoms with van der Waals surface area (Å²) in [6.45, 7) is 0.751. The van der Waals surface area contributed by atoms with E-state index in [1.807, 2.05) is 0 Å². The first-order chi connectivity index (χ1) is 7.11. The smallest absolute Gasteiger partial charge is 0.196 e. The highest BCUT2D eigenvalue weighted by Gasteiger charge is 2.25. The van der Waals surface area contributed by atoms with Crippen molar-refractivity contribution < 1.29 is 13.2 Å². The summed E-state index contributed by atoms with van der Waals surface area (Å²) >= 11 is 5.46. The lowest BCUT2D eigenvalue weighted by Crippen LogP contribution is -2.15. The lowest BCUT2D eigenvalue weighted by Gasteiger charge is -2.13. The summed E-state index contributed by atoms with van der Waals surface area (Å²) in [5, 5.41) is 2.62. The topological polar surface area (TPSA) is 12.0 Å². The molecule has 0 aliphatic carbocycles. The lowest BCUT2D eigenvalue weighted by molar-refractivity contribution is 0.432. The summed E-state index contributed by atoms with van der Waals surface area (Å²) in [7, 11) is 0. The van der Waals surface area contributed by atoms with Crippen LogP contribution < -0.4 is 5.32 Å². The molecule has 0 spiro atoms. The zero-order chi connectivity index (χ0) is 11.0. The van der Waals surface area contributed by atoms with Crippen LogP contribution in [-0.2, 0) is 0 Å². The van der Waals surface area contributed by atoms with Crippen molar-refractivity contribution in [2.24, 2.45) is 0 Å². The third-order valence-corrected chi connectivity index (χ3v) is 2.84. The predicted octanol–water partition coefficient (Wildman–Crippen LogP) is 3.18. The molecule has 1 nitrogen and oxygen atoms in total. The molecule has 1 saturated heterocycles. The SMILES string of the molecule is Fc1c(Cl)cc([C@H]2CCCN2)c(F)c1F. The van der Waals surface area contributed by atoms with Crippen LogP contribution in [-0.4, -0.2) is 6.54 Å². The minimum atomic E-state index is -1.49. The number of rotatable bonds is 1. The van der Waals surface area contributed by atoms with Crippen LogP contribution in [0, 0.1) is 17.5 Å². The van der Waals surface area contributed by atoms with E-state index >= 15 is 0 Å². The van der Waals surface area contributed by atoms with E-state index in [0.717, 1.165) is 19.0 Å². The summed E-state index contributed by atoms with van der Waals surface area (Å²) in [6, 6.07) is 0.885. The summed E-state index contributed by atoms with van der Waals surface area (Å²) in [4.78, 5) is 0. The Bertz CT molecular complexity index is 389. The second kappa shape index (κ2) is 4.02. The van der Waals surface area contributed by atoms with Gasteiger partial charge in [0.05, 0.1) is 5.02 Å². The molecule has 1 fully saturated rings. The number of hydrogen-bond acceptors (Lipinski definition) is 1. The van der Waals surface area contributed by atoms with Gasteiger partial charge in [0.25, 0.3) is 0 Å². The molecule has 1 aromatic rings. The summed E-state index contributed by atoms with van der Waals surface area (Å²) in [5.74, 6) is -3.96. The van der Waals surface area contributed by atoms with Crippen LogP contribution in [0.25, 0.3) is 0 Å². The Morgan fingerprint density at radius 1 is 1.20 bits per heavy atom. The Balaban J connectivity index is 2.47. The monoisotopic (exact) mass is 235 g/mol. The first-order valence-corrected chi connectivity index (χ1v) is 5.05. The third kappa shape index (κ3) is 1.84. The Labute approximate surface area is 90.2 Å². The summed E-state index contributed by atoms with van der Waals surface area (Å²) in [5.41, 5.74) is 0.108. The molecular weight excluding hydrogens is 227 g/mol. The predicted molar refractivity (Wildman–Crippen MR) is 51.3 cm³/mol. The van der Waals surface area contributed by atoms with E-state index in [9.17, 15) is 13.2 Å². The van der Waals surface area contributed by atoms with Crippen LogP contribution >= 0.6 is 11.6 Å². The van der Waals surface area contributed by atoms with Gasteiger partial charge in [0.15, 0.2) is 17.5 Å². The molecule has 1 aromatic carbocycles. The minimum absolute atomic E-state index is 0.108. The average Bonchev–Trinajstić information content (AvgIpc) is 2.73. The first kappa shape index (κ1) is 10.8. The van der Waals surface area contributed by atoms with Gasteiger partial charge in [0, 0.05) is 11.6 Å². The zero-order valence-electron chi connectivity index (χ0n) is 7.79. The van der Waals surface area contributed by atoms with Gasteiger partial charge in [-0.05, 0) is 25.5 Å². The third-order valence-electron chi connectivity index (χ3n) is 2.57. The first-order valence-electron chi connectivity index (χ1n) is 4.67. The zero-order valence-corrected chi connectivity index (χ0v) is 8.54. The van der Waals surface area contributed by atoms with Crippen molar-refractivity contribution in [2.75, 3.05) is 6.54 Å². The molecule has 0 radical (unpaired) electrons. The Morgan fingerprint density at radius 3 is 2.53 bits per heavy atom. The molecule has 82 valence electrons. The molecule has 0 aromatic heterocycles. The molecule has 0 unspecified atom stereocenters. The Kier molecular flexibility index (Phi) is 2.89. The van der Waals surface area contributed by atoms with E-state index in [-0.39, 0.29) is 16.6 Å². The molecule has 2 rings (SSSR count). The average molecular weight is 236 g/mol. The molecular formula is C10H9ClF3N. The van der Waals surface area contributed by atoms with Gasteiger partial charge in [-0.2, -0.15) is 0 Å². The van der Waals surface area contributed by atoms with E-state index in [1.165, 1.54) is 0 Å². The fraction of sp³-hybridized carbons (Fsp3) is 0.400. The molecule has 15 heavy (non-hydrogen) atoms. The van der Waals surface area contributed by atoms with Crippen LogP contribution in [0.5, 0.6) is 0 Å². The lowest BCUT2D eigenvalue weighted by atomic mass is 10.0. The maximum Gasteiger partial charge on any atom is 0.196 e. The molecule has 0 saturated carbocycles. The van der Waals surface area contributed by atoms with E-state index in [4.69, 9.17) is 11.6 Å². The van der Waals surface area contributed by atoms with Gasteiger partial charge < -0.3 is 5.32 Å². The van der Waals surface area contributed by atoms with Crippen LogP contribution in [0.1, 0.15) is 24.4 Å². The van der Waals surface area contributed by atoms with Gasteiger partial charge in [-0.15, -0.1) is 0 Å². The largest absolute Gasteiger partial charge is 0.310 e. The standard InChI is InChI=1S/C10H9ClF3N/c11-6-4-5(7-2-1-3-15-7)8(12)10(14)9(6)13/h4,7,15H,1-3H2/t7-/m1/s1. The number of nitrogens with one attached hydrogen (secondary N) is 1. The van der Waals surface area contributed by atoms with Crippen molar-refractivity contribution in [3.8, 4) is 0 Å². The quantitative estimate of drug-likeness (QED) is 0.582. The molecule has 1 N–H and O–H groups in total. The van der Waals surface area contributed by atoms with Crippen molar-refractivity contribution >= 4 is 11.6 Å². The van der Waals surface area contributed by atoms with Crippen LogP contribution in [0.3, 0.4) is 0 Å². The van der Waals surface area contributed by atoms with Crippen molar-refractivity contribution in [2.45, 2.75) is 18.9 Å². The van der Waals surface area contributed by atoms with Gasteiger partial charge in [-0.25, -0.2) is 13.2 Å². The molecule has 1 atom stereocenters. The van der Waals surface area contributed by atoms with Crippen LogP contribution in [0.2, 0.25) is 5.02 Å². The van der Waals surface area contributed by atoms with Crippen molar-refractivity contribution in [3.63, 3.8) is 0 Å². The molecule has 5 heteroatoms. The second-order valence-corrected chi connectivity index (χ2v) is 3.95. The number of halogens is 4. The minimum Gasteiger partial charge on any atom is -0.310 e. The van der Waals surface area contributed by atoms with E-state index in [2.05, 4.69) is 5.32 Å². The molecule has 0 amide bonds. The number of benzene rings is 1. The van der Waals surface area contributed by atoms with Crippen LogP contribution in [0.4, 0.5) is 13.2 Å². The fourth-order valence-electron chi connectivity index (χ4n) is 1.79. The van der Waals surface area contributed by atoms with Crippen molar-refractivity contribution in [1.82, 2.24) is 5.32 Å². The van der Waals surface area contributed by atoms with Gasteiger partial charge in [-0.3, -0.25) is 0 Å². The van der Waals surface area contributed by atoms with Gasteiger partial charge in [0.1, 0.15) is 0 Å².